The lowest BCUT2D eigenvalue weighted by atomic mass is 9.99. The van der Waals surface area contributed by atoms with Gasteiger partial charge in [0.15, 0.2) is 0 Å². The van der Waals surface area contributed by atoms with Crippen LogP contribution in [0.4, 0.5) is 0 Å². The van der Waals surface area contributed by atoms with Crippen LogP contribution in [0.1, 0.15) is 44.6 Å². The number of methoxy groups -OCH3 is 1. The Kier molecular flexibility index (Phi) is 6.09. The Morgan fingerprint density at radius 1 is 1.43 bits per heavy atom. The van der Waals surface area contributed by atoms with Crippen LogP contribution in [0.3, 0.4) is 0 Å². The van der Waals surface area contributed by atoms with Crippen molar-refractivity contribution in [3.8, 4) is 5.75 Å². The summed E-state index contributed by atoms with van der Waals surface area (Å²) in [7, 11) is 1.66. The van der Waals surface area contributed by atoms with Crippen LogP contribution in [-0.4, -0.2) is 30.5 Å². The molecule has 0 spiro atoms. The normalized spacial score (nSPS) is 18.6. The molecule has 4 heteroatoms. The van der Waals surface area contributed by atoms with E-state index in [2.05, 4.69) is 27.8 Å². The average Bonchev–Trinajstić information content (AvgIpc) is 2.52. The number of hydrogen-bond acceptors (Lipinski definition) is 2. The monoisotopic (exact) mass is 353 g/mol. The number of nitrogens with zero attached hydrogens (tertiary/aromatic N) is 1. The van der Waals surface area contributed by atoms with Crippen LogP contribution in [0.25, 0.3) is 0 Å². The predicted octanol–water partition coefficient (Wildman–Crippen LogP) is 4.18. The molecule has 116 valence electrons. The van der Waals surface area contributed by atoms with Crippen LogP contribution in [0.5, 0.6) is 5.75 Å². The van der Waals surface area contributed by atoms with E-state index in [-0.39, 0.29) is 0 Å². The first-order chi connectivity index (χ1) is 10.2. The number of hydrogen-bond donors (Lipinski definition) is 0. The summed E-state index contributed by atoms with van der Waals surface area (Å²) in [6.07, 6.45) is 6.02. The Morgan fingerprint density at radius 2 is 2.24 bits per heavy atom. The van der Waals surface area contributed by atoms with E-state index in [1.54, 1.807) is 7.11 Å². The molecule has 1 aliphatic heterocycles. The lowest BCUT2D eigenvalue weighted by Crippen LogP contribution is -2.43. The fraction of sp³-hybridized carbons (Fsp3) is 0.588. The molecular formula is C17H24BrNO2. The highest BCUT2D eigenvalue weighted by Gasteiger charge is 2.24. The second-order valence-corrected chi connectivity index (χ2v) is 6.47. The number of ether oxygens (including phenoxy) is 1. The van der Waals surface area contributed by atoms with E-state index in [1.807, 2.05) is 18.2 Å². The van der Waals surface area contributed by atoms with E-state index < -0.39 is 0 Å². The van der Waals surface area contributed by atoms with Gasteiger partial charge in [-0.3, -0.25) is 4.79 Å². The van der Waals surface area contributed by atoms with Gasteiger partial charge in [-0.2, -0.15) is 0 Å². The maximum Gasteiger partial charge on any atom is 0.223 e. The van der Waals surface area contributed by atoms with Crippen LogP contribution >= 0.6 is 15.9 Å². The minimum atomic E-state index is 0.300. The van der Waals surface area contributed by atoms with Crippen molar-refractivity contribution in [2.75, 3.05) is 13.7 Å². The second kappa shape index (κ2) is 7.83. The zero-order chi connectivity index (χ0) is 15.2. The maximum atomic E-state index is 12.4. The summed E-state index contributed by atoms with van der Waals surface area (Å²) in [5.74, 6) is 1.13. The van der Waals surface area contributed by atoms with Crippen LogP contribution < -0.4 is 4.74 Å². The zero-order valence-corrected chi connectivity index (χ0v) is 14.5. The third-order valence-electron chi connectivity index (χ3n) is 4.26. The number of piperidine rings is 1. The standard InChI is InChI=1S/C17H24BrNO2/c1-3-14-6-4-5-11-19(14)17(20)10-8-13-7-9-16(21-2)15(18)12-13/h7,9,12,14H,3-6,8,10-11H2,1-2H3. The van der Waals surface area contributed by atoms with Gasteiger partial charge in [-0.15, -0.1) is 0 Å². The summed E-state index contributed by atoms with van der Waals surface area (Å²) in [4.78, 5) is 14.5. The van der Waals surface area contributed by atoms with Gasteiger partial charge in [-0.1, -0.05) is 13.0 Å². The molecule has 21 heavy (non-hydrogen) atoms. The number of rotatable bonds is 5. The molecule has 1 saturated heterocycles. The van der Waals surface area contributed by atoms with E-state index in [0.29, 0.717) is 18.4 Å². The van der Waals surface area contributed by atoms with Crippen molar-refractivity contribution in [2.45, 2.75) is 51.5 Å². The summed E-state index contributed by atoms with van der Waals surface area (Å²) >= 11 is 3.49. The molecule has 0 bridgehead atoms. The Balaban J connectivity index is 1.92. The molecule has 1 heterocycles. The lowest BCUT2D eigenvalue weighted by Gasteiger charge is -2.35. The Morgan fingerprint density at radius 3 is 2.90 bits per heavy atom. The molecule has 1 atom stereocenters. The highest BCUT2D eigenvalue weighted by Crippen LogP contribution is 2.26. The van der Waals surface area contributed by atoms with Gasteiger partial charge >= 0.3 is 0 Å². The Labute approximate surface area is 135 Å². The van der Waals surface area contributed by atoms with Gasteiger partial charge in [-0.05, 0) is 65.7 Å². The lowest BCUT2D eigenvalue weighted by molar-refractivity contribution is -0.134. The Hall–Kier alpha value is -1.03. The zero-order valence-electron chi connectivity index (χ0n) is 12.9. The fourth-order valence-electron chi connectivity index (χ4n) is 3.01. The quantitative estimate of drug-likeness (QED) is 0.794. The van der Waals surface area contributed by atoms with E-state index >= 15 is 0 Å². The number of halogens is 1. The second-order valence-electron chi connectivity index (χ2n) is 5.61. The molecule has 0 saturated carbocycles. The first kappa shape index (κ1) is 16.3. The van der Waals surface area contributed by atoms with Crippen LogP contribution in [0.2, 0.25) is 0 Å². The van der Waals surface area contributed by atoms with Crippen molar-refractivity contribution in [3.63, 3.8) is 0 Å². The summed E-state index contributed by atoms with van der Waals surface area (Å²) in [6.45, 7) is 3.11. The first-order valence-corrected chi connectivity index (χ1v) is 8.57. The SMILES string of the molecule is CCC1CCCCN1C(=O)CCc1ccc(OC)c(Br)c1. The number of carbonyl (C=O) groups is 1. The van der Waals surface area contributed by atoms with Crippen molar-refractivity contribution in [3.05, 3.63) is 28.2 Å². The minimum absolute atomic E-state index is 0.300. The third-order valence-corrected chi connectivity index (χ3v) is 4.88. The van der Waals surface area contributed by atoms with E-state index in [1.165, 1.54) is 12.0 Å². The van der Waals surface area contributed by atoms with E-state index in [9.17, 15) is 4.79 Å². The topological polar surface area (TPSA) is 29.5 Å². The molecule has 0 N–H and O–H groups in total. The van der Waals surface area contributed by atoms with Crippen molar-refractivity contribution in [2.24, 2.45) is 0 Å². The molecule has 1 aliphatic rings. The highest BCUT2D eigenvalue weighted by molar-refractivity contribution is 9.10. The number of amides is 1. The third kappa shape index (κ3) is 4.22. The van der Waals surface area contributed by atoms with Gasteiger partial charge in [0.25, 0.3) is 0 Å². The molecule has 3 nitrogen and oxygen atoms in total. The van der Waals surface area contributed by atoms with Gasteiger partial charge in [0, 0.05) is 19.0 Å². The van der Waals surface area contributed by atoms with Crippen molar-refractivity contribution in [1.29, 1.82) is 0 Å². The van der Waals surface area contributed by atoms with Crippen LogP contribution in [0, 0.1) is 0 Å². The minimum Gasteiger partial charge on any atom is -0.496 e. The Bertz CT molecular complexity index is 490. The molecule has 1 fully saturated rings. The van der Waals surface area contributed by atoms with Crippen molar-refractivity contribution < 1.29 is 9.53 Å². The summed E-state index contributed by atoms with van der Waals surface area (Å²) in [5.41, 5.74) is 1.17. The number of aryl methyl sites for hydroxylation is 1. The first-order valence-electron chi connectivity index (χ1n) is 7.77. The maximum absolute atomic E-state index is 12.4. The molecular weight excluding hydrogens is 330 g/mol. The molecule has 0 radical (unpaired) electrons. The van der Waals surface area contributed by atoms with Crippen molar-refractivity contribution in [1.82, 2.24) is 4.90 Å². The smallest absolute Gasteiger partial charge is 0.223 e. The van der Waals surface area contributed by atoms with Gasteiger partial charge in [-0.25, -0.2) is 0 Å². The van der Waals surface area contributed by atoms with Gasteiger partial charge in [0.05, 0.1) is 11.6 Å². The molecule has 0 aliphatic carbocycles. The van der Waals surface area contributed by atoms with E-state index in [4.69, 9.17) is 4.74 Å². The predicted molar refractivity (Wildman–Crippen MR) is 88.7 cm³/mol. The summed E-state index contributed by atoms with van der Waals surface area (Å²) in [6, 6.07) is 6.47. The molecule has 2 rings (SSSR count). The number of likely N-dealkylation sites (tertiary alicyclic amines) is 1. The van der Waals surface area contributed by atoms with Gasteiger partial charge in [0.2, 0.25) is 5.91 Å². The number of carbonyl (C=O) groups excluding carboxylic acids is 1. The largest absolute Gasteiger partial charge is 0.496 e. The molecule has 1 amide bonds. The van der Waals surface area contributed by atoms with E-state index in [0.717, 1.165) is 42.5 Å². The van der Waals surface area contributed by atoms with Crippen molar-refractivity contribution >= 4 is 21.8 Å². The molecule has 1 aromatic rings. The molecule has 1 unspecified atom stereocenters. The highest BCUT2D eigenvalue weighted by atomic mass is 79.9. The fourth-order valence-corrected chi connectivity index (χ4v) is 3.60. The number of benzene rings is 1. The molecule has 0 aromatic heterocycles. The van der Waals surface area contributed by atoms with Crippen LogP contribution in [-0.2, 0) is 11.2 Å². The van der Waals surface area contributed by atoms with Crippen LogP contribution in [0.15, 0.2) is 22.7 Å². The van der Waals surface area contributed by atoms with Gasteiger partial charge < -0.3 is 9.64 Å². The van der Waals surface area contributed by atoms with Gasteiger partial charge in [0.1, 0.15) is 5.75 Å². The average molecular weight is 354 g/mol. The summed E-state index contributed by atoms with van der Waals surface area (Å²) < 4.78 is 6.17. The molecule has 1 aromatic carbocycles. The summed E-state index contributed by atoms with van der Waals surface area (Å²) in [5, 5.41) is 0.